The van der Waals surface area contributed by atoms with E-state index in [-0.39, 0.29) is 16.4 Å². The van der Waals surface area contributed by atoms with Gasteiger partial charge in [0.25, 0.3) is 5.24 Å². The van der Waals surface area contributed by atoms with Gasteiger partial charge in [0.1, 0.15) is 5.75 Å². The van der Waals surface area contributed by atoms with E-state index < -0.39 is 0 Å². The lowest BCUT2D eigenvalue weighted by atomic mass is 10.1. The molecule has 2 saturated heterocycles. The number of hydrogen-bond donors (Lipinski definition) is 1. The summed E-state index contributed by atoms with van der Waals surface area (Å²) in [5.41, 5.74) is 1.04. The number of likely N-dealkylation sites (tertiary alicyclic amines) is 1. The molecule has 130 valence electrons. The fraction of sp³-hybridized carbons (Fsp3) is 0.556. The third-order valence-electron chi connectivity index (χ3n) is 4.45. The fourth-order valence-corrected chi connectivity index (χ4v) is 3.98. The quantitative estimate of drug-likeness (QED) is 0.768. The Labute approximate surface area is 147 Å². The maximum atomic E-state index is 11.6. The van der Waals surface area contributed by atoms with Gasteiger partial charge in [-0.1, -0.05) is 30.3 Å². The standard InChI is InChI=1S/C18H24N2O3S/c21-17-16(24-18(22)19-17)13-14-5-7-15(8-6-14)23-12-4-11-20-9-2-1-3-10-20/h5-8,16H,1-4,9-13H2,(H,19,21,22). The van der Waals surface area contributed by atoms with E-state index in [4.69, 9.17) is 4.74 Å². The van der Waals surface area contributed by atoms with E-state index in [0.29, 0.717) is 6.42 Å². The number of carbonyl (C=O) groups is 2. The molecule has 2 amide bonds. The van der Waals surface area contributed by atoms with E-state index in [1.807, 2.05) is 24.3 Å². The van der Waals surface area contributed by atoms with Crippen molar-refractivity contribution in [3.05, 3.63) is 29.8 Å². The van der Waals surface area contributed by atoms with Crippen molar-refractivity contribution < 1.29 is 14.3 Å². The number of nitrogens with one attached hydrogen (secondary N) is 1. The van der Waals surface area contributed by atoms with Gasteiger partial charge in [0.2, 0.25) is 5.91 Å². The van der Waals surface area contributed by atoms with E-state index in [1.54, 1.807) is 0 Å². The number of carbonyl (C=O) groups excluding carboxylic acids is 2. The van der Waals surface area contributed by atoms with Crippen molar-refractivity contribution in [2.24, 2.45) is 0 Å². The molecular weight excluding hydrogens is 324 g/mol. The number of amides is 2. The van der Waals surface area contributed by atoms with Gasteiger partial charge in [-0.3, -0.25) is 14.9 Å². The largest absolute Gasteiger partial charge is 0.494 e. The van der Waals surface area contributed by atoms with Crippen LogP contribution >= 0.6 is 11.8 Å². The molecule has 3 rings (SSSR count). The van der Waals surface area contributed by atoms with Crippen LogP contribution in [0.2, 0.25) is 0 Å². The van der Waals surface area contributed by atoms with Crippen molar-refractivity contribution in [1.29, 1.82) is 0 Å². The Morgan fingerprint density at radius 3 is 2.54 bits per heavy atom. The smallest absolute Gasteiger partial charge is 0.286 e. The third kappa shape index (κ3) is 4.98. The first-order chi connectivity index (χ1) is 11.7. The molecule has 2 heterocycles. The summed E-state index contributed by atoms with van der Waals surface area (Å²) >= 11 is 1.07. The minimum absolute atomic E-state index is 0.192. The number of thioether (sulfide) groups is 1. The van der Waals surface area contributed by atoms with Gasteiger partial charge < -0.3 is 9.64 Å². The number of rotatable bonds is 7. The van der Waals surface area contributed by atoms with Crippen molar-refractivity contribution in [2.45, 2.75) is 37.4 Å². The van der Waals surface area contributed by atoms with Gasteiger partial charge in [0.05, 0.1) is 11.9 Å². The van der Waals surface area contributed by atoms with Crippen LogP contribution in [0.5, 0.6) is 5.75 Å². The highest BCUT2D eigenvalue weighted by atomic mass is 32.2. The SMILES string of the molecule is O=C1NC(=O)C(Cc2ccc(OCCCN3CCCCC3)cc2)S1. The summed E-state index contributed by atoms with van der Waals surface area (Å²) in [6.07, 6.45) is 5.63. The molecule has 1 unspecified atom stereocenters. The van der Waals surface area contributed by atoms with Crippen LogP contribution in [0, 0.1) is 0 Å². The molecule has 1 aromatic carbocycles. The second kappa shape index (κ2) is 8.53. The molecule has 2 aliphatic rings. The van der Waals surface area contributed by atoms with Gasteiger partial charge in [-0.05, 0) is 56.5 Å². The normalized spacial score (nSPS) is 21.8. The second-order valence-electron chi connectivity index (χ2n) is 6.34. The minimum Gasteiger partial charge on any atom is -0.494 e. The van der Waals surface area contributed by atoms with E-state index in [2.05, 4.69) is 10.2 Å². The Morgan fingerprint density at radius 2 is 1.88 bits per heavy atom. The van der Waals surface area contributed by atoms with E-state index >= 15 is 0 Å². The van der Waals surface area contributed by atoms with Gasteiger partial charge >= 0.3 is 0 Å². The molecule has 0 spiro atoms. The molecule has 6 heteroatoms. The summed E-state index contributed by atoms with van der Waals surface area (Å²) in [5.74, 6) is 0.667. The average Bonchev–Trinajstić information content (AvgIpc) is 2.91. The topological polar surface area (TPSA) is 58.6 Å². The zero-order valence-corrected chi connectivity index (χ0v) is 14.6. The van der Waals surface area contributed by atoms with E-state index in [0.717, 1.165) is 42.6 Å². The van der Waals surface area contributed by atoms with Gasteiger partial charge in [0.15, 0.2) is 0 Å². The fourth-order valence-electron chi connectivity index (χ4n) is 3.12. The monoisotopic (exact) mass is 348 g/mol. The molecule has 1 aromatic rings. The van der Waals surface area contributed by atoms with Crippen molar-refractivity contribution in [1.82, 2.24) is 10.2 Å². The molecule has 2 aliphatic heterocycles. The molecule has 0 saturated carbocycles. The highest BCUT2D eigenvalue weighted by Gasteiger charge is 2.31. The number of benzene rings is 1. The van der Waals surface area contributed by atoms with Crippen LogP contribution in [0.1, 0.15) is 31.2 Å². The molecule has 0 radical (unpaired) electrons. The number of ether oxygens (including phenoxy) is 1. The van der Waals surface area contributed by atoms with Gasteiger partial charge in [-0.15, -0.1) is 0 Å². The van der Waals surface area contributed by atoms with Crippen molar-refractivity contribution in [3.8, 4) is 5.75 Å². The zero-order valence-electron chi connectivity index (χ0n) is 13.8. The molecule has 2 fully saturated rings. The lowest BCUT2D eigenvalue weighted by Crippen LogP contribution is -2.31. The Morgan fingerprint density at radius 1 is 1.12 bits per heavy atom. The maximum Gasteiger partial charge on any atom is 0.286 e. The molecule has 0 aliphatic carbocycles. The number of hydrogen-bond acceptors (Lipinski definition) is 5. The van der Waals surface area contributed by atoms with E-state index in [9.17, 15) is 9.59 Å². The highest BCUT2D eigenvalue weighted by molar-refractivity contribution is 8.15. The number of piperidine rings is 1. The zero-order chi connectivity index (χ0) is 16.8. The van der Waals surface area contributed by atoms with Gasteiger partial charge in [-0.25, -0.2) is 0 Å². The Kier molecular flexibility index (Phi) is 6.15. The summed E-state index contributed by atoms with van der Waals surface area (Å²) in [4.78, 5) is 25.3. The summed E-state index contributed by atoms with van der Waals surface area (Å²) in [6.45, 7) is 4.29. The first-order valence-corrected chi connectivity index (χ1v) is 9.54. The molecule has 1 atom stereocenters. The number of nitrogens with zero attached hydrogens (tertiary/aromatic N) is 1. The van der Waals surface area contributed by atoms with Crippen LogP contribution < -0.4 is 10.1 Å². The van der Waals surface area contributed by atoms with Crippen molar-refractivity contribution in [2.75, 3.05) is 26.2 Å². The molecule has 24 heavy (non-hydrogen) atoms. The van der Waals surface area contributed by atoms with Crippen LogP contribution in [0.25, 0.3) is 0 Å². The Balaban J connectivity index is 1.38. The summed E-state index contributed by atoms with van der Waals surface area (Å²) in [7, 11) is 0. The molecule has 1 N–H and O–H groups in total. The molecule has 0 bridgehead atoms. The first-order valence-electron chi connectivity index (χ1n) is 8.66. The Bertz CT molecular complexity index is 570. The Hall–Kier alpha value is -1.53. The predicted molar refractivity (Wildman–Crippen MR) is 95.5 cm³/mol. The van der Waals surface area contributed by atoms with Crippen LogP contribution in [0.3, 0.4) is 0 Å². The van der Waals surface area contributed by atoms with Crippen LogP contribution in [-0.4, -0.2) is 47.5 Å². The highest BCUT2D eigenvalue weighted by Crippen LogP contribution is 2.23. The van der Waals surface area contributed by atoms with Gasteiger partial charge in [-0.2, -0.15) is 0 Å². The molecule has 0 aromatic heterocycles. The summed E-state index contributed by atoms with van der Waals surface area (Å²) < 4.78 is 5.79. The second-order valence-corrected chi connectivity index (χ2v) is 7.51. The van der Waals surface area contributed by atoms with Gasteiger partial charge in [0, 0.05) is 6.54 Å². The van der Waals surface area contributed by atoms with E-state index in [1.165, 1.54) is 32.4 Å². The van der Waals surface area contributed by atoms with Crippen molar-refractivity contribution in [3.63, 3.8) is 0 Å². The first kappa shape index (κ1) is 17.3. The summed E-state index contributed by atoms with van der Waals surface area (Å²) in [5, 5.41) is 1.75. The van der Waals surface area contributed by atoms with Crippen LogP contribution in [0.15, 0.2) is 24.3 Å². The molecule has 5 nitrogen and oxygen atoms in total. The van der Waals surface area contributed by atoms with Crippen molar-refractivity contribution >= 4 is 22.9 Å². The average molecular weight is 348 g/mol. The third-order valence-corrected chi connectivity index (χ3v) is 5.43. The molecular formula is C18H24N2O3S. The maximum absolute atomic E-state index is 11.6. The minimum atomic E-state index is -0.311. The lowest BCUT2D eigenvalue weighted by molar-refractivity contribution is -0.118. The van der Waals surface area contributed by atoms with Crippen LogP contribution in [-0.2, 0) is 11.2 Å². The number of imide groups is 1. The lowest BCUT2D eigenvalue weighted by Gasteiger charge is -2.26. The predicted octanol–water partition coefficient (Wildman–Crippen LogP) is 2.84. The van der Waals surface area contributed by atoms with Crippen LogP contribution in [0.4, 0.5) is 4.79 Å². The summed E-state index contributed by atoms with van der Waals surface area (Å²) in [6, 6.07) is 7.82.